The van der Waals surface area contributed by atoms with Gasteiger partial charge >= 0.3 is 5.63 Å². The molecule has 0 spiro atoms. The van der Waals surface area contributed by atoms with E-state index in [-0.39, 0.29) is 5.63 Å². The molecule has 1 aromatic heterocycles. The molecular formula is C17H12O4S. The number of hydrogen-bond donors (Lipinski definition) is 0. The van der Waals surface area contributed by atoms with Crippen molar-refractivity contribution in [1.82, 2.24) is 0 Å². The summed E-state index contributed by atoms with van der Waals surface area (Å²) in [6.07, 6.45) is 4.67. The fourth-order valence-electron chi connectivity index (χ4n) is 2.03. The van der Waals surface area contributed by atoms with Gasteiger partial charge in [-0.2, -0.15) is 0 Å². The van der Waals surface area contributed by atoms with Crippen molar-refractivity contribution >= 4 is 27.9 Å². The van der Waals surface area contributed by atoms with E-state index in [0.717, 1.165) is 15.8 Å². The van der Waals surface area contributed by atoms with E-state index in [9.17, 15) is 9.00 Å². The Bertz CT molecular complexity index is 906. The Morgan fingerprint density at radius 3 is 2.50 bits per heavy atom. The second kappa shape index (κ2) is 6.41. The molecule has 1 unspecified atom stereocenters. The SMILES string of the molecule is O=S1OC=Cc2ccccc21.O=c1occc2ccccc12. The van der Waals surface area contributed by atoms with Crippen LogP contribution in [0.15, 0.2) is 81.2 Å². The minimum atomic E-state index is -1.30. The van der Waals surface area contributed by atoms with Crippen molar-refractivity contribution in [2.75, 3.05) is 0 Å². The van der Waals surface area contributed by atoms with Crippen LogP contribution in [0.1, 0.15) is 5.56 Å². The maximum absolute atomic E-state index is 11.1. The van der Waals surface area contributed by atoms with Gasteiger partial charge in [0.15, 0.2) is 0 Å². The molecule has 2 heterocycles. The van der Waals surface area contributed by atoms with Gasteiger partial charge in [0.1, 0.15) is 6.26 Å². The smallest absolute Gasteiger partial charge is 0.343 e. The monoisotopic (exact) mass is 312 g/mol. The molecule has 0 amide bonds. The lowest BCUT2D eigenvalue weighted by atomic mass is 10.2. The Morgan fingerprint density at radius 2 is 1.68 bits per heavy atom. The van der Waals surface area contributed by atoms with Gasteiger partial charge in [-0.25, -0.2) is 9.00 Å². The van der Waals surface area contributed by atoms with Gasteiger partial charge in [-0.1, -0.05) is 36.4 Å². The molecule has 22 heavy (non-hydrogen) atoms. The first kappa shape index (κ1) is 14.3. The van der Waals surface area contributed by atoms with E-state index < -0.39 is 11.1 Å². The number of hydrogen-bond acceptors (Lipinski definition) is 4. The van der Waals surface area contributed by atoms with E-state index in [4.69, 9.17) is 4.18 Å². The largest absolute Gasteiger partial charge is 0.431 e. The molecule has 1 atom stereocenters. The molecule has 0 fully saturated rings. The summed E-state index contributed by atoms with van der Waals surface area (Å²) in [4.78, 5) is 11.8. The van der Waals surface area contributed by atoms with Crippen LogP contribution in [0.3, 0.4) is 0 Å². The van der Waals surface area contributed by atoms with Crippen molar-refractivity contribution in [3.8, 4) is 0 Å². The van der Waals surface area contributed by atoms with E-state index in [1.807, 2.05) is 36.4 Å². The molecular weight excluding hydrogens is 300 g/mol. The third kappa shape index (κ3) is 2.99. The molecule has 2 aromatic carbocycles. The quantitative estimate of drug-likeness (QED) is 0.637. The lowest BCUT2D eigenvalue weighted by Gasteiger charge is -2.08. The maximum atomic E-state index is 11.1. The number of fused-ring (bicyclic) bond motifs is 2. The van der Waals surface area contributed by atoms with Gasteiger partial charge in [0, 0.05) is 0 Å². The lowest BCUT2D eigenvalue weighted by molar-refractivity contribution is 0.504. The van der Waals surface area contributed by atoms with Gasteiger partial charge in [-0.3, -0.25) is 0 Å². The molecule has 110 valence electrons. The van der Waals surface area contributed by atoms with E-state index >= 15 is 0 Å². The van der Waals surface area contributed by atoms with Crippen molar-refractivity contribution < 1.29 is 12.8 Å². The van der Waals surface area contributed by atoms with Crippen LogP contribution < -0.4 is 5.63 Å². The van der Waals surface area contributed by atoms with Crippen LogP contribution in [0.2, 0.25) is 0 Å². The summed E-state index contributed by atoms with van der Waals surface area (Å²) in [6, 6.07) is 16.6. The van der Waals surface area contributed by atoms with Gasteiger partial charge in [-0.15, -0.1) is 0 Å². The molecule has 1 aliphatic heterocycles. The summed E-state index contributed by atoms with van der Waals surface area (Å²) < 4.78 is 20.6. The Kier molecular flexibility index (Phi) is 4.16. The van der Waals surface area contributed by atoms with Crippen molar-refractivity contribution in [3.63, 3.8) is 0 Å². The fraction of sp³-hybridized carbons (Fsp3) is 0. The second-order valence-electron chi connectivity index (χ2n) is 4.47. The van der Waals surface area contributed by atoms with Crippen molar-refractivity contribution in [1.29, 1.82) is 0 Å². The first-order chi connectivity index (χ1) is 10.8. The Hall–Kier alpha value is -2.66. The lowest BCUT2D eigenvalue weighted by Crippen LogP contribution is -1.99. The molecule has 4 rings (SSSR count). The van der Waals surface area contributed by atoms with Gasteiger partial charge in [0.25, 0.3) is 0 Å². The summed E-state index contributed by atoms with van der Waals surface area (Å²) >= 11 is -1.30. The molecule has 0 saturated carbocycles. The molecule has 0 N–H and O–H groups in total. The van der Waals surface area contributed by atoms with Crippen LogP contribution in [-0.4, -0.2) is 4.21 Å². The van der Waals surface area contributed by atoms with Crippen LogP contribution in [0, 0.1) is 0 Å². The van der Waals surface area contributed by atoms with Crippen LogP contribution in [0.5, 0.6) is 0 Å². The van der Waals surface area contributed by atoms with Gasteiger partial charge < -0.3 is 8.60 Å². The maximum Gasteiger partial charge on any atom is 0.343 e. The van der Waals surface area contributed by atoms with Gasteiger partial charge in [0.05, 0.1) is 16.5 Å². The third-order valence-electron chi connectivity index (χ3n) is 3.09. The molecule has 0 saturated heterocycles. The number of rotatable bonds is 0. The van der Waals surface area contributed by atoms with Crippen molar-refractivity contribution in [2.45, 2.75) is 4.90 Å². The zero-order valence-corrected chi connectivity index (χ0v) is 12.3. The molecule has 3 aromatic rings. The Labute approximate surface area is 129 Å². The zero-order chi connectivity index (χ0) is 15.4. The highest BCUT2D eigenvalue weighted by Crippen LogP contribution is 2.20. The summed E-state index contributed by atoms with van der Waals surface area (Å²) in [7, 11) is 0. The van der Waals surface area contributed by atoms with Gasteiger partial charge in [0.2, 0.25) is 11.1 Å². The molecule has 1 aliphatic rings. The highest BCUT2D eigenvalue weighted by atomic mass is 32.2. The van der Waals surface area contributed by atoms with Gasteiger partial charge in [-0.05, 0) is 35.2 Å². The summed E-state index contributed by atoms with van der Waals surface area (Å²) in [5.74, 6) is 0. The van der Waals surface area contributed by atoms with Crippen LogP contribution in [-0.2, 0) is 15.3 Å². The highest BCUT2D eigenvalue weighted by Gasteiger charge is 2.10. The average molecular weight is 312 g/mol. The number of benzene rings is 2. The van der Waals surface area contributed by atoms with Crippen LogP contribution >= 0.6 is 0 Å². The average Bonchev–Trinajstić information content (AvgIpc) is 2.57. The zero-order valence-electron chi connectivity index (χ0n) is 11.5. The molecule has 0 aliphatic carbocycles. The van der Waals surface area contributed by atoms with Crippen LogP contribution in [0.4, 0.5) is 0 Å². The van der Waals surface area contributed by atoms with E-state index in [2.05, 4.69) is 4.42 Å². The predicted molar refractivity (Wildman–Crippen MR) is 85.5 cm³/mol. The topological polar surface area (TPSA) is 56.5 Å². The minimum Gasteiger partial charge on any atom is -0.431 e. The predicted octanol–water partition coefficient (Wildman–Crippen LogP) is 3.50. The van der Waals surface area contributed by atoms with Crippen LogP contribution in [0.25, 0.3) is 16.8 Å². The summed E-state index contributed by atoms with van der Waals surface area (Å²) in [6.45, 7) is 0. The first-order valence-electron chi connectivity index (χ1n) is 6.57. The molecule has 5 heteroatoms. The second-order valence-corrected chi connectivity index (χ2v) is 5.57. The standard InChI is InChI=1S/C9H6O2.C8H6O2S/c10-9-8-4-2-1-3-7(8)5-6-11-9;9-11-8-4-2-1-3-7(8)5-6-10-11/h2*1-6H. The summed E-state index contributed by atoms with van der Waals surface area (Å²) in [5, 5.41) is 1.55. The normalized spacial score (nSPS) is 15.4. The van der Waals surface area contributed by atoms with Crippen molar-refractivity contribution in [2.24, 2.45) is 0 Å². The molecule has 0 bridgehead atoms. The van der Waals surface area contributed by atoms with E-state index in [1.165, 1.54) is 12.5 Å². The minimum absolute atomic E-state index is 0.275. The van der Waals surface area contributed by atoms with Crippen molar-refractivity contribution in [3.05, 3.63) is 83.1 Å². The molecule has 0 radical (unpaired) electrons. The summed E-state index contributed by atoms with van der Waals surface area (Å²) in [5.41, 5.74) is 0.695. The highest BCUT2D eigenvalue weighted by molar-refractivity contribution is 7.80. The third-order valence-corrected chi connectivity index (χ3v) is 4.11. The van der Waals surface area contributed by atoms with E-state index in [0.29, 0.717) is 5.39 Å². The Balaban J connectivity index is 0.000000131. The van der Waals surface area contributed by atoms with E-state index in [1.54, 1.807) is 24.3 Å². The Morgan fingerprint density at radius 1 is 0.909 bits per heavy atom. The molecule has 4 nitrogen and oxygen atoms in total. The first-order valence-corrected chi connectivity index (χ1v) is 7.64. The fourth-order valence-corrected chi connectivity index (χ4v) is 2.81.